The monoisotopic (exact) mass is 239 g/mol. The summed E-state index contributed by atoms with van der Waals surface area (Å²) in [5.41, 5.74) is 1.75. The first-order chi connectivity index (χ1) is 7.70. The van der Waals surface area contributed by atoms with Gasteiger partial charge in [0.05, 0.1) is 12.1 Å². The van der Waals surface area contributed by atoms with Gasteiger partial charge in [-0.1, -0.05) is 5.16 Å². The van der Waals surface area contributed by atoms with E-state index in [1.807, 2.05) is 6.07 Å². The minimum atomic E-state index is -0.776. The Bertz CT molecular complexity index is 436. The van der Waals surface area contributed by atoms with Gasteiger partial charge < -0.3 is 10.3 Å². The molecule has 1 aromatic rings. The number of aryl methyl sites for hydroxylation is 2. The number of thiophene rings is 1. The van der Waals surface area contributed by atoms with Gasteiger partial charge in [0.15, 0.2) is 0 Å². The lowest BCUT2D eigenvalue weighted by Gasteiger charge is -2.10. The summed E-state index contributed by atoms with van der Waals surface area (Å²) in [6, 6.07) is 1.97. The average Bonchev–Trinajstić information content (AvgIpc) is 2.68. The van der Waals surface area contributed by atoms with Crippen LogP contribution < -0.4 is 0 Å². The number of carboxylic acids is 1. The maximum Gasteiger partial charge on any atom is 0.303 e. The van der Waals surface area contributed by atoms with Crippen LogP contribution in [-0.4, -0.2) is 22.0 Å². The molecule has 0 atom stereocenters. The number of hydrogen-bond acceptors (Lipinski definition) is 4. The fourth-order valence-corrected chi connectivity index (χ4v) is 3.15. The maximum absolute atomic E-state index is 10.5. The van der Waals surface area contributed by atoms with Crippen LogP contribution in [0.4, 0.5) is 0 Å². The summed E-state index contributed by atoms with van der Waals surface area (Å²) >= 11 is 1.64. The molecule has 86 valence electrons. The molecule has 0 amide bonds. The zero-order valence-corrected chi connectivity index (χ0v) is 9.59. The van der Waals surface area contributed by atoms with E-state index in [4.69, 9.17) is 10.3 Å². The van der Waals surface area contributed by atoms with Crippen molar-refractivity contribution in [2.24, 2.45) is 5.16 Å². The number of nitrogens with zero attached hydrogens (tertiary/aromatic N) is 1. The van der Waals surface area contributed by atoms with Crippen LogP contribution in [0.25, 0.3) is 0 Å². The molecule has 0 spiro atoms. The van der Waals surface area contributed by atoms with Crippen molar-refractivity contribution in [2.75, 3.05) is 0 Å². The third-order valence-corrected chi connectivity index (χ3v) is 3.95. The van der Waals surface area contributed by atoms with E-state index in [9.17, 15) is 4.79 Å². The van der Waals surface area contributed by atoms with Gasteiger partial charge in [-0.05, 0) is 31.7 Å². The van der Waals surface area contributed by atoms with E-state index in [1.165, 1.54) is 4.88 Å². The second kappa shape index (κ2) is 4.65. The van der Waals surface area contributed by atoms with Crippen LogP contribution in [0, 0.1) is 0 Å². The lowest BCUT2D eigenvalue weighted by Crippen LogP contribution is -2.08. The van der Waals surface area contributed by atoms with Crippen molar-refractivity contribution in [1.29, 1.82) is 0 Å². The summed E-state index contributed by atoms with van der Waals surface area (Å²) in [6.07, 6.45) is 3.53. The van der Waals surface area contributed by atoms with E-state index in [0.717, 1.165) is 35.4 Å². The first-order valence-electron chi connectivity index (χ1n) is 5.25. The zero-order valence-electron chi connectivity index (χ0n) is 8.77. The van der Waals surface area contributed by atoms with Gasteiger partial charge in [0.2, 0.25) is 0 Å². The molecule has 0 bridgehead atoms. The van der Waals surface area contributed by atoms with Gasteiger partial charge in [-0.3, -0.25) is 4.79 Å². The number of fused-ring (bicyclic) bond motifs is 1. The van der Waals surface area contributed by atoms with E-state index in [1.54, 1.807) is 11.3 Å². The molecule has 0 aliphatic heterocycles. The summed E-state index contributed by atoms with van der Waals surface area (Å²) in [7, 11) is 0. The van der Waals surface area contributed by atoms with Crippen molar-refractivity contribution in [1.82, 2.24) is 0 Å². The molecule has 2 rings (SSSR count). The van der Waals surface area contributed by atoms with E-state index in [0.29, 0.717) is 6.42 Å². The fraction of sp³-hybridized carbons (Fsp3) is 0.455. The maximum atomic E-state index is 10.5. The quantitative estimate of drug-likeness (QED) is 0.628. The van der Waals surface area contributed by atoms with E-state index in [-0.39, 0.29) is 6.42 Å². The molecule has 4 nitrogen and oxygen atoms in total. The summed E-state index contributed by atoms with van der Waals surface area (Å²) in [5.74, 6) is -0.776. The Morgan fingerprint density at radius 2 is 2.31 bits per heavy atom. The Morgan fingerprint density at radius 1 is 1.50 bits per heavy atom. The van der Waals surface area contributed by atoms with Gasteiger partial charge >= 0.3 is 5.97 Å². The highest BCUT2D eigenvalue weighted by Gasteiger charge is 2.19. The highest BCUT2D eigenvalue weighted by atomic mass is 32.1. The molecule has 0 saturated heterocycles. The van der Waals surface area contributed by atoms with E-state index >= 15 is 0 Å². The second-order valence-electron chi connectivity index (χ2n) is 3.84. The number of hydrogen-bond donors (Lipinski definition) is 2. The smallest absolute Gasteiger partial charge is 0.303 e. The molecular formula is C11H13NO3S. The minimum Gasteiger partial charge on any atom is -0.481 e. The fourth-order valence-electron chi connectivity index (χ4n) is 1.92. The van der Waals surface area contributed by atoms with Crippen LogP contribution in [0.3, 0.4) is 0 Å². The van der Waals surface area contributed by atoms with Crippen molar-refractivity contribution in [3.63, 3.8) is 0 Å². The third-order valence-electron chi connectivity index (χ3n) is 2.69. The van der Waals surface area contributed by atoms with Gasteiger partial charge in [0, 0.05) is 15.3 Å². The normalized spacial score (nSPS) is 17.4. The van der Waals surface area contributed by atoms with Gasteiger partial charge in [-0.15, -0.1) is 11.3 Å². The number of rotatable bonds is 3. The largest absolute Gasteiger partial charge is 0.481 e. The van der Waals surface area contributed by atoms with E-state index < -0.39 is 5.97 Å². The van der Waals surface area contributed by atoms with Crippen LogP contribution in [-0.2, 0) is 17.6 Å². The van der Waals surface area contributed by atoms with Crippen LogP contribution >= 0.6 is 11.3 Å². The number of carbonyl (C=O) groups is 1. The molecule has 0 unspecified atom stereocenters. The summed E-state index contributed by atoms with van der Waals surface area (Å²) in [5, 5.41) is 20.8. The van der Waals surface area contributed by atoms with Gasteiger partial charge in [-0.2, -0.15) is 0 Å². The molecule has 0 fully saturated rings. The SMILES string of the molecule is O=C(O)CCc1cc2c(s1)CCC/C2=N/O. The Kier molecular flexibility index (Phi) is 3.24. The van der Waals surface area contributed by atoms with Crippen molar-refractivity contribution in [3.8, 4) is 0 Å². The first kappa shape index (κ1) is 11.1. The molecule has 2 N–H and O–H groups in total. The summed E-state index contributed by atoms with van der Waals surface area (Å²) in [6.45, 7) is 0. The number of carboxylic acid groups (broad SMARTS) is 1. The Labute approximate surface area is 97.2 Å². The molecule has 1 aliphatic rings. The standard InChI is InChI=1S/C11H13NO3S/c13-11(14)5-4-7-6-8-9(12-15)2-1-3-10(8)16-7/h6,15H,1-5H2,(H,13,14)/b12-9-. The first-order valence-corrected chi connectivity index (χ1v) is 6.07. The molecule has 0 radical (unpaired) electrons. The zero-order chi connectivity index (χ0) is 11.5. The number of oxime groups is 1. The second-order valence-corrected chi connectivity index (χ2v) is 5.06. The topological polar surface area (TPSA) is 69.9 Å². The molecule has 1 heterocycles. The van der Waals surface area contributed by atoms with Crippen LogP contribution in [0.1, 0.15) is 34.6 Å². The van der Waals surface area contributed by atoms with Crippen LogP contribution in [0.5, 0.6) is 0 Å². The van der Waals surface area contributed by atoms with Crippen molar-refractivity contribution < 1.29 is 15.1 Å². The van der Waals surface area contributed by atoms with Crippen LogP contribution in [0.2, 0.25) is 0 Å². The average molecular weight is 239 g/mol. The van der Waals surface area contributed by atoms with Crippen LogP contribution in [0.15, 0.2) is 11.2 Å². The minimum absolute atomic E-state index is 0.158. The number of aliphatic carboxylic acids is 1. The van der Waals surface area contributed by atoms with Crippen molar-refractivity contribution >= 4 is 23.0 Å². The molecular weight excluding hydrogens is 226 g/mol. The lowest BCUT2D eigenvalue weighted by atomic mass is 9.97. The molecule has 16 heavy (non-hydrogen) atoms. The van der Waals surface area contributed by atoms with Crippen molar-refractivity contribution in [2.45, 2.75) is 32.1 Å². The molecule has 1 aliphatic carbocycles. The molecule has 5 heteroatoms. The highest BCUT2D eigenvalue weighted by molar-refractivity contribution is 7.12. The Hall–Kier alpha value is -1.36. The van der Waals surface area contributed by atoms with Gasteiger partial charge in [0.1, 0.15) is 0 Å². The van der Waals surface area contributed by atoms with Crippen molar-refractivity contribution in [3.05, 3.63) is 21.4 Å². The molecule has 0 saturated carbocycles. The molecule has 1 aromatic heterocycles. The summed E-state index contributed by atoms with van der Waals surface area (Å²) in [4.78, 5) is 12.8. The van der Waals surface area contributed by atoms with E-state index in [2.05, 4.69) is 5.16 Å². The summed E-state index contributed by atoms with van der Waals surface area (Å²) < 4.78 is 0. The highest BCUT2D eigenvalue weighted by Crippen LogP contribution is 2.30. The molecule has 0 aromatic carbocycles. The Balaban J connectivity index is 2.19. The van der Waals surface area contributed by atoms with Gasteiger partial charge in [0.25, 0.3) is 0 Å². The third kappa shape index (κ3) is 2.24. The Morgan fingerprint density at radius 3 is 3.00 bits per heavy atom. The predicted octanol–water partition coefficient (Wildman–Crippen LogP) is 2.28. The van der Waals surface area contributed by atoms with Gasteiger partial charge in [-0.25, -0.2) is 0 Å². The lowest BCUT2D eigenvalue weighted by molar-refractivity contribution is -0.136. The predicted molar refractivity (Wildman–Crippen MR) is 61.5 cm³/mol.